The fourth-order valence-electron chi connectivity index (χ4n) is 2.97. The molecule has 10 heteroatoms. The van der Waals surface area contributed by atoms with Crippen molar-refractivity contribution in [3.05, 3.63) is 48.5 Å². The number of anilines is 2. The molecule has 0 saturated heterocycles. The minimum atomic E-state index is -3.44. The van der Waals surface area contributed by atoms with Crippen molar-refractivity contribution in [2.75, 3.05) is 62.3 Å². The smallest absolute Gasteiger partial charge is 0.179 e. The van der Waals surface area contributed by atoms with E-state index >= 15 is 0 Å². The van der Waals surface area contributed by atoms with Crippen LogP contribution in [0.5, 0.6) is 0 Å². The van der Waals surface area contributed by atoms with Crippen molar-refractivity contribution in [1.82, 2.24) is 4.90 Å². The molecular weight excluding hydrogens is 450 g/mol. The first-order valence-corrected chi connectivity index (χ1v) is 13.1. The van der Waals surface area contributed by atoms with Gasteiger partial charge in [0.05, 0.1) is 35.9 Å². The SMILES string of the molecule is CCNc1cccc(SOOCCN(CCO)CCS(=O)(=O)c2cccc(NCC)c2)c1. The van der Waals surface area contributed by atoms with Gasteiger partial charge in [-0.15, -0.1) is 0 Å². The molecule has 0 aliphatic carbocycles. The van der Waals surface area contributed by atoms with Gasteiger partial charge in [0.1, 0.15) is 0 Å². The second-order valence-corrected chi connectivity index (χ2v) is 9.86. The third kappa shape index (κ3) is 9.35. The molecule has 2 aromatic rings. The molecule has 32 heavy (non-hydrogen) atoms. The highest BCUT2D eigenvalue weighted by atomic mass is 32.2. The summed E-state index contributed by atoms with van der Waals surface area (Å²) < 4.78 is 30.7. The van der Waals surface area contributed by atoms with Gasteiger partial charge in [0.2, 0.25) is 0 Å². The molecule has 0 radical (unpaired) electrons. The Morgan fingerprint density at radius 3 is 2.34 bits per heavy atom. The molecule has 0 heterocycles. The van der Waals surface area contributed by atoms with Crippen LogP contribution < -0.4 is 10.6 Å². The summed E-state index contributed by atoms with van der Waals surface area (Å²) in [5, 5.41) is 15.7. The molecule has 0 fully saturated rings. The van der Waals surface area contributed by atoms with Gasteiger partial charge >= 0.3 is 0 Å². The van der Waals surface area contributed by atoms with Crippen molar-refractivity contribution in [3.8, 4) is 0 Å². The summed E-state index contributed by atoms with van der Waals surface area (Å²) in [7, 11) is -3.44. The molecule has 0 unspecified atom stereocenters. The third-order valence-electron chi connectivity index (χ3n) is 4.55. The van der Waals surface area contributed by atoms with Crippen LogP contribution in [0.15, 0.2) is 58.3 Å². The zero-order valence-electron chi connectivity index (χ0n) is 18.6. The highest BCUT2D eigenvalue weighted by Crippen LogP contribution is 2.22. The molecule has 0 aromatic heterocycles. The normalized spacial score (nSPS) is 11.6. The molecule has 0 saturated carbocycles. The summed E-state index contributed by atoms with van der Waals surface area (Å²) in [5.74, 6) is -0.0462. The lowest BCUT2D eigenvalue weighted by Gasteiger charge is -2.20. The van der Waals surface area contributed by atoms with Crippen molar-refractivity contribution in [2.24, 2.45) is 0 Å². The van der Waals surface area contributed by atoms with Crippen LogP contribution in [0.2, 0.25) is 0 Å². The molecule has 178 valence electrons. The summed E-state index contributed by atoms with van der Waals surface area (Å²) in [6, 6.07) is 14.6. The molecule has 0 atom stereocenters. The van der Waals surface area contributed by atoms with E-state index < -0.39 is 9.84 Å². The first-order chi connectivity index (χ1) is 15.5. The van der Waals surface area contributed by atoms with E-state index in [1.165, 1.54) is 0 Å². The number of rotatable bonds is 16. The van der Waals surface area contributed by atoms with Crippen LogP contribution in [0.4, 0.5) is 11.4 Å². The molecule has 0 amide bonds. The number of hydrogen-bond donors (Lipinski definition) is 3. The largest absolute Gasteiger partial charge is 0.395 e. The number of sulfone groups is 1. The Labute approximate surface area is 195 Å². The van der Waals surface area contributed by atoms with Gasteiger partial charge in [-0.3, -0.25) is 4.90 Å². The van der Waals surface area contributed by atoms with E-state index in [0.29, 0.717) is 13.1 Å². The van der Waals surface area contributed by atoms with E-state index in [1.807, 2.05) is 49.1 Å². The van der Waals surface area contributed by atoms with Crippen LogP contribution >= 0.6 is 12.0 Å². The van der Waals surface area contributed by atoms with Crippen LogP contribution in [-0.2, 0) is 19.1 Å². The van der Waals surface area contributed by atoms with Gasteiger partial charge in [-0.05, 0) is 50.2 Å². The first-order valence-electron chi connectivity index (χ1n) is 10.7. The molecule has 2 rings (SSSR count). The Morgan fingerprint density at radius 2 is 1.66 bits per heavy atom. The standard InChI is InChI=1S/C22H33N3O5S2/c1-3-23-19-7-5-9-21(17-19)31-30-29-15-12-25(11-14-26)13-16-32(27,28)22-10-6-8-20(18-22)24-4-2/h5-10,17-18,23-24,26H,3-4,11-16H2,1-2H3. The van der Waals surface area contributed by atoms with Crippen LogP contribution in [0.25, 0.3) is 0 Å². The van der Waals surface area contributed by atoms with Crippen molar-refractivity contribution in [3.63, 3.8) is 0 Å². The van der Waals surface area contributed by atoms with Gasteiger partial charge in [-0.2, -0.15) is 4.33 Å². The second kappa shape index (κ2) is 14.4. The van der Waals surface area contributed by atoms with Crippen LogP contribution in [-0.4, -0.2) is 70.1 Å². The Bertz CT molecular complexity index is 912. The topological polar surface area (TPSA) is 100 Å². The highest BCUT2D eigenvalue weighted by Gasteiger charge is 2.17. The summed E-state index contributed by atoms with van der Waals surface area (Å²) in [6.45, 7) is 6.80. The molecule has 0 bridgehead atoms. The molecule has 0 aliphatic heterocycles. The van der Waals surface area contributed by atoms with Gasteiger partial charge in [-0.1, -0.05) is 12.1 Å². The van der Waals surface area contributed by atoms with Gasteiger partial charge in [-0.25, -0.2) is 13.3 Å². The van der Waals surface area contributed by atoms with Crippen LogP contribution in [0, 0.1) is 0 Å². The second-order valence-electron chi connectivity index (χ2n) is 6.97. The summed E-state index contributed by atoms with van der Waals surface area (Å²) >= 11 is 1.11. The fraction of sp³-hybridized carbons (Fsp3) is 0.455. The Balaban J connectivity index is 1.78. The number of aliphatic hydroxyl groups excluding tert-OH is 1. The minimum Gasteiger partial charge on any atom is -0.395 e. The third-order valence-corrected chi connectivity index (χ3v) is 6.85. The zero-order valence-corrected chi connectivity index (χ0v) is 20.3. The lowest BCUT2D eigenvalue weighted by molar-refractivity contribution is -0.193. The van der Waals surface area contributed by atoms with Crippen LogP contribution in [0.1, 0.15) is 13.8 Å². The maximum atomic E-state index is 12.7. The van der Waals surface area contributed by atoms with E-state index in [9.17, 15) is 13.5 Å². The van der Waals surface area contributed by atoms with Crippen molar-refractivity contribution >= 4 is 33.3 Å². The predicted molar refractivity (Wildman–Crippen MR) is 130 cm³/mol. The highest BCUT2D eigenvalue weighted by molar-refractivity contribution is 7.94. The monoisotopic (exact) mass is 483 g/mol. The van der Waals surface area contributed by atoms with E-state index in [2.05, 4.69) is 10.6 Å². The Hall–Kier alpha value is -1.82. The Kier molecular flexibility index (Phi) is 11.9. The predicted octanol–water partition coefficient (Wildman–Crippen LogP) is 3.27. The van der Waals surface area contributed by atoms with Gasteiger partial charge in [0.25, 0.3) is 0 Å². The number of nitrogens with one attached hydrogen (secondary N) is 2. The molecule has 8 nitrogen and oxygen atoms in total. The molecular formula is C22H33N3O5S2. The zero-order chi connectivity index (χ0) is 23.2. The van der Waals surface area contributed by atoms with Gasteiger partial charge in [0.15, 0.2) is 9.84 Å². The number of aliphatic hydroxyl groups is 1. The average molecular weight is 484 g/mol. The van der Waals surface area contributed by atoms with E-state index in [-0.39, 0.29) is 30.4 Å². The van der Waals surface area contributed by atoms with Crippen molar-refractivity contribution < 1.29 is 22.7 Å². The van der Waals surface area contributed by atoms with E-state index in [1.54, 1.807) is 18.2 Å². The first kappa shape index (κ1) is 26.4. The van der Waals surface area contributed by atoms with Gasteiger partial charge < -0.3 is 15.7 Å². The number of nitrogens with zero attached hydrogens (tertiary/aromatic N) is 1. The summed E-state index contributed by atoms with van der Waals surface area (Å²) in [5.41, 5.74) is 1.78. The quantitative estimate of drug-likeness (QED) is 0.144. The summed E-state index contributed by atoms with van der Waals surface area (Å²) in [4.78, 5) is 8.27. The number of hydrogen-bond acceptors (Lipinski definition) is 9. The maximum absolute atomic E-state index is 12.7. The lowest BCUT2D eigenvalue weighted by Crippen LogP contribution is -2.34. The van der Waals surface area contributed by atoms with E-state index in [0.717, 1.165) is 41.4 Å². The summed E-state index contributed by atoms with van der Waals surface area (Å²) in [6.07, 6.45) is 0. The van der Waals surface area contributed by atoms with Crippen molar-refractivity contribution in [2.45, 2.75) is 23.6 Å². The van der Waals surface area contributed by atoms with Gasteiger partial charge in [0, 0.05) is 49.0 Å². The average Bonchev–Trinajstić information content (AvgIpc) is 2.78. The lowest BCUT2D eigenvalue weighted by atomic mass is 10.3. The molecule has 3 N–H and O–H groups in total. The Morgan fingerprint density at radius 1 is 0.969 bits per heavy atom. The van der Waals surface area contributed by atoms with Crippen molar-refractivity contribution in [1.29, 1.82) is 0 Å². The number of benzene rings is 2. The molecule has 0 aliphatic rings. The minimum absolute atomic E-state index is 0.0462. The van der Waals surface area contributed by atoms with E-state index in [4.69, 9.17) is 9.22 Å². The fourth-order valence-corrected chi connectivity index (χ4v) is 4.80. The molecule has 0 spiro atoms. The molecule has 2 aromatic carbocycles. The maximum Gasteiger partial charge on any atom is 0.179 e. The van der Waals surface area contributed by atoms with Crippen LogP contribution in [0.3, 0.4) is 0 Å².